The van der Waals surface area contributed by atoms with E-state index in [1.165, 1.54) is 12.0 Å². The highest BCUT2D eigenvalue weighted by Crippen LogP contribution is 2.38. The quantitative estimate of drug-likeness (QED) is 0.891. The predicted molar refractivity (Wildman–Crippen MR) is 102 cm³/mol. The van der Waals surface area contributed by atoms with Crippen LogP contribution in [-0.2, 0) is 11.3 Å². The molecule has 0 aromatic heterocycles. The monoisotopic (exact) mass is 350 g/mol. The van der Waals surface area contributed by atoms with E-state index in [-0.39, 0.29) is 5.91 Å². The standard InChI is InChI=1S/C22H26N2O2/c1-24(19-11-17-13-22(25)23-14-18(17)12-19)15-16-6-5-9-21(10-16)26-20-7-3-2-4-8-20/h2-10,17-19H,11-15H2,1H3,(H,23,25)/t17-,18+,19-/m1/s1. The summed E-state index contributed by atoms with van der Waals surface area (Å²) in [6, 6.07) is 18.8. The number of nitrogens with zero attached hydrogens (tertiary/aromatic N) is 1. The molecule has 1 amide bonds. The van der Waals surface area contributed by atoms with Gasteiger partial charge in [-0.05, 0) is 61.6 Å². The second-order valence-electron chi connectivity index (χ2n) is 7.63. The number of fused-ring (bicyclic) bond motifs is 1. The minimum absolute atomic E-state index is 0.223. The number of hydrogen-bond donors (Lipinski definition) is 1. The molecule has 0 unspecified atom stereocenters. The first-order valence-electron chi connectivity index (χ1n) is 9.46. The average molecular weight is 350 g/mol. The summed E-state index contributed by atoms with van der Waals surface area (Å²) in [5, 5.41) is 3.02. The van der Waals surface area contributed by atoms with E-state index in [2.05, 4.69) is 35.5 Å². The number of hydrogen-bond acceptors (Lipinski definition) is 3. The van der Waals surface area contributed by atoms with E-state index in [1.807, 2.05) is 36.4 Å². The molecule has 26 heavy (non-hydrogen) atoms. The molecule has 0 spiro atoms. The van der Waals surface area contributed by atoms with Crippen LogP contribution in [0.1, 0.15) is 24.8 Å². The summed E-state index contributed by atoms with van der Waals surface area (Å²) in [6.45, 7) is 1.76. The van der Waals surface area contributed by atoms with Crippen molar-refractivity contribution in [1.29, 1.82) is 0 Å². The molecule has 3 atom stereocenters. The van der Waals surface area contributed by atoms with Crippen molar-refractivity contribution in [3.63, 3.8) is 0 Å². The van der Waals surface area contributed by atoms with E-state index < -0.39 is 0 Å². The van der Waals surface area contributed by atoms with E-state index >= 15 is 0 Å². The van der Waals surface area contributed by atoms with Crippen molar-refractivity contribution >= 4 is 5.91 Å². The van der Waals surface area contributed by atoms with Crippen molar-refractivity contribution in [3.8, 4) is 11.5 Å². The van der Waals surface area contributed by atoms with E-state index in [0.717, 1.165) is 31.0 Å². The number of nitrogens with one attached hydrogen (secondary N) is 1. The van der Waals surface area contributed by atoms with Gasteiger partial charge in [0.2, 0.25) is 5.91 Å². The molecule has 0 bridgehead atoms. The predicted octanol–water partition coefficient (Wildman–Crippen LogP) is 3.83. The minimum atomic E-state index is 0.223. The van der Waals surface area contributed by atoms with Gasteiger partial charge in [-0.1, -0.05) is 30.3 Å². The van der Waals surface area contributed by atoms with Crippen molar-refractivity contribution in [2.75, 3.05) is 13.6 Å². The maximum Gasteiger partial charge on any atom is 0.220 e. The molecule has 1 aliphatic carbocycles. The van der Waals surface area contributed by atoms with Crippen LogP contribution in [0.5, 0.6) is 11.5 Å². The number of benzene rings is 2. The molecule has 2 fully saturated rings. The summed E-state index contributed by atoms with van der Waals surface area (Å²) >= 11 is 0. The zero-order valence-electron chi connectivity index (χ0n) is 15.2. The minimum Gasteiger partial charge on any atom is -0.457 e. The third kappa shape index (κ3) is 3.91. The lowest BCUT2D eigenvalue weighted by atomic mass is 9.89. The number of carbonyl (C=O) groups is 1. The third-order valence-electron chi connectivity index (χ3n) is 5.76. The van der Waals surface area contributed by atoms with Gasteiger partial charge in [0.25, 0.3) is 0 Å². The van der Waals surface area contributed by atoms with Crippen LogP contribution in [0.3, 0.4) is 0 Å². The molecular formula is C22H26N2O2. The van der Waals surface area contributed by atoms with Crippen LogP contribution in [0.25, 0.3) is 0 Å². The maximum atomic E-state index is 11.6. The lowest BCUT2D eigenvalue weighted by Gasteiger charge is -2.24. The molecule has 4 rings (SSSR count). The molecule has 1 saturated heterocycles. The summed E-state index contributed by atoms with van der Waals surface area (Å²) < 4.78 is 5.95. The highest BCUT2D eigenvalue weighted by molar-refractivity contribution is 5.77. The summed E-state index contributed by atoms with van der Waals surface area (Å²) in [6.07, 6.45) is 3.02. The van der Waals surface area contributed by atoms with Crippen molar-refractivity contribution in [1.82, 2.24) is 10.2 Å². The van der Waals surface area contributed by atoms with E-state index in [4.69, 9.17) is 4.74 Å². The van der Waals surface area contributed by atoms with Crippen LogP contribution in [0.15, 0.2) is 54.6 Å². The zero-order valence-corrected chi connectivity index (χ0v) is 15.2. The van der Waals surface area contributed by atoms with Gasteiger partial charge >= 0.3 is 0 Å². The largest absolute Gasteiger partial charge is 0.457 e. The van der Waals surface area contributed by atoms with Crippen molar-refractivity contribution in [3.05, 3.63) is 60.2 Å². The Morgan fingerprint density at radius 2 is 1.81 bits per heavy atom. The molecule has 2 aromatic rings. The summed E-state index contributed by atoms with van der Waals surface area (Å²) in [7, 11) is 2.20. The molecule has 1 saturated carbocycles. The summed E-state index contributed by atoms with van der Waals surface area (Å²) in [5.74, 6) is 3.16. The Kier molecular flexibility index (Phi) is 4.93. The van der Waals surface area contributed by atoms with Gasteiger partial charge in [-0.25, -0.2) is 0 Å². The Labute approximate surface area is 155 Å². The molecule has 136 valence electrons. The van der Waals surface area contributed by atoms with E-state index in [1.54, 1.807) is 0 Å². The van der Waals surface area contributed by atoms with Crippen LogP contribution < -0.4 is 10.1 Å². The number of para-hydroxylation sites is 1. The van der Waals surface area contributed by atoms with Gasteiger partial charge in [0.15, 0.2) is 0 Å². The smallest absolute Gasteiger partial charge is 0.220 e. The molecule has 1 heterocycles. The number of amides is 1. The van der Waals surface area contributed by atoms with E-state index in [0.29, 0.717) is 24.3 Å². The fourth-order valence-electron chi connectivity index (χ4n) is 4.34. The maximum absolute atomic E-state index is 11.6. The van der Waals surface area contributed by atoms with Crippen LogP contribution in [0.2, 0.25) is 0 Å². The second-order valence-corrected chi connectivity index (χ2v) is 7.63. The van der Waals surface area contributed by atoms with Gasteiger partial charge in [0, 0.05) is 25.6 Å². The van der Waals surface area contributed by atoms with Crippen LogP contribution in [0, 0.1) is 11.8 Å². The number of rotatable bonds is 5. The number of piperidine rings is 1. The summed E-state index contributed by atoms with van der Waals surface area (Å²) in [4.78, 5) is 14.1. The SMILES string of the molecule is CN(Cc1cccc(Oc2ccccc2)c1)[C@H]1C[C@H]2CNC(=O)C[C@H]2C1. The van der Waals surface area contributed by atoms with Crippen molar-refractivity contribution in [2.24, 2.45) is 11.8 Å². The van der Waals surface area contributed by atoms with Crippen LogP contribution in [-0.4, -0.2) is 30.4 Å². The third-order valence-corrected chi connectivity index (χ3v) is 5.76. The molecule has 4 heteroatoms. The molecule has 2 aliphatic rings. The van der Waals surface area contributed by atoms with Gasteiger partial charge in [-0.3, -0.25) is 9.69 Å². The number of ether oxygens (including phenoxy) is 1. The number of carbonyl (C=O) groups excluding carboxylic acids is 1. The first-order chi connectivity index (χ1) is 12.7. The molecular weight excluding hydrogens is 324 g/mol. The van der Waals surface area contributed by atoms with Gasteiger partial charge in [0.05, 0.1) is 0 Å². The molecule has 4 nitrogen and oxygen atoms in total. The van der Waals surface area contributed by atoms with Gasteiger partial charge < -0.3 is 10.1 Å². The first-order valence-corrected chi connectivity index (χ1v) is 9.46. The Morgan fingerprint density at radius 3 is 2.65 bits per heavy atom. The van der Waals surface area contributed by atoms with Gasteiger partial charge in [0.1, 0.15) is 11.5 Å². The van der Waals surface area contributed by atoms with E-state index in [9.17, 15) is 4.79 Å². The van der Waals surface area contributed by atoms with Crippen molar-refractivity contribution < 1.29 is 9.53 Å². The normalized spacial score (nSPS) is 25.0. The Hall–Kier alpha value is -2.33. The van der Waals surface area contributed by atoms with Crippen LogP contribution in [0.4, 0.5) is 0 Å². The second kappa shape index (κ2) is 7.50. The highest BCUT2D eigenvalue weighted by Gasteiger charge is 2.39. The van der Waals surface area contributed by atoms with Gasteiger partial charge in [-0.15, -0.1) is 0 Å². The fourth-order valence-corrected chi connectivity index (χ4v) is 4.34. The van der Waals surface area contributed by atoms with Crippen molar-refractivity contribution in [2.45, 2.75) is 31.8 Å². The summed E-state index contributed by atoms with van der Waals surface area (Å²) in [5.41, 5.74) is 1.25. The Balaban J connectivity index is 1.38. The van der Waals surface area contributed by atoms with Gasteiger partial charge in [-0.2, -0.15) is 0 Å². The topological polar surface area (TPSA) is 41.6 Å². The fraction of sp³-hybridized carbons (Fsp3) is 0.409. The molecule has 1 N–H and O–H groups in total. The molecule has 1 aliphatic heterocycles. The first kappa shape index (κ1) is 17.1. The lowest BCUT2D eigenvalue weighted by Crippen LogP contribution is -2.38. The molecule has 2 aromatic carbocycles. The Morgan fingerprint density at radius 1 is 1.04 bits per heavy atom. The lowest BCUT2D eigenvalue weighted by molar-refractivity contribution is -0.124. The van der Waals surface area contributed by atoms with Crippen LogP contribution >= 0.6 is 0 Å². The average Bonchev–Trinajstić information content (AvgIpc) is 3.06. The molecule has 0 radical (unpaired) electrons. The zero-order chi connectivity index (χ0) is 17.9. The Bertz CT molecular complexity index is 762. The highest BCUT2D eigenvalue weighted by atomic mass is 16.5.